The van der Waals surface area contributed by atoms with Crippen molar-refractivity contribution in [2.45, 2.75) is 20.4 Å². The number of nitrogens with zero attached hydrogens (tertiary/aromatic N) is 2. The van der Waals surface area contributed by atoms with Crippen LogP contribution in [-0.4, -0.2) is 16.6 Å². The Bertz CT molecular complexity index is 586. The number of thiazole rings is 1. The molecular formula is C12H15N3OS. The highest BCUT2D eigenvalue weighted by Gasteiger charge is 2.10. The molecule has 0 radical (unpaired) electrons. The molecule has 4 nitrogen and oxygen atoms in total. The summed E-state index contributed by atoms with van der Waals surface area (Å²) in [5.74, 6) is 0.822. The molecule has 2 rings (SSSR count). The van der Waals surface area contributed by atoms with Crippen molar-refractivity contribution in [2.75, 3.05) is 12.4 Å². The smallest absolute Gasteiger partial charge is 0.307 e. The number of hydrogen-bond acceptors (Lipinski definition) is 4. The Labute approximate surface area is 104 Å². The molecule has 1 N–H and O–H groups in total. The number of aryl methyl sites for hydroxylation is 1. The average Bonchev–Trinajstić information content (AvgIpc) is 2.57. The quantitative estimate of drug-likeness (QED) is 0.905. The summed E-state index contributed by atoms with van der Waals surface area (Å²) < 4.78 is 1.79. The maximum absolute atomic E-state index is 11.8. The van der Waals surface area contributed by atoms with E-state index in [9.17, 15) is 4.79 Å². The molecule has 0 aliphatic rings. The lowest BCUT2D eigenvalue weighted by Crippen LogP contribution is -2.16. The Morgan fingerprint density at radius 1 is 1.47 bits per heavy atom. The van der Waals surface area contributed by atoms with E-state index in [0.717, 1.165) is 22.0 Å². The summed E-state index contributed by atoms with van der Waals surface area (Å²) in [4.78, 5) is 17.2. The van der Waals surface area contributed by atoms with Gasteiger partial charge in [0.1, 0.15) is 5.82 Å². The zero-order valence-corrected chi connectivity index (χ0v) is 11.0. The van der Waals surface area contributed by atoms with Crippen molar-refractivity contribution in [2.24, 2.45) is 0 Å². The molecule has 0 unspecified atom stereocenters. The molecule has 0 spiro atoms. The van der Waals surface area contributed by atoms with Gasteiger partial charge in [0.05, 0.1) is 6.54 Å². The van der Waals surface area contributed by atoms with E-state index in [1.54, 1.807) is 10.8 Å². The van der Waals surface area contributed by atoms with Crippen molar-refractivity contribution >= 4 is 17.2 Å². The van der Waals surface area contributed by atoms with Gasteiger partial charge in [0.2, 0.25) is 0 Å². The minimum absolute atomic E-state index is 0.0888. The van der Waals surface area contributed by atoms with Crippen LogP contribution in [0, 0.1) is 13.8 Å². The zero-order chi connectivity index (χ0) is 12.4. The predicted molar refractivity (Wildman–Crippen MR) is 70.9 cm³/mol. The minimum atomic E-state index is 0.0888. The molecule has 0 bridgehead atoms. The van der Waals surface area contributed by atoms with Crippen molar-refractivity contribution in [1.82, 2.24) is 9.55 Å². The van der Waals surface area contributed by atoms with Crippen molar-refractivity contribution < 1.29 is 0 Å². The lowest BCUT2D eigenvalue weighted by Gasteiger charge is -2.09. The molecule has 17 heavy (non-hydrogen) atoms. The first-order valence-electron chi connectivity index (χ1n) is 5.42. The number of nitrogens with one attached hydrogen (secondary N) is 1. The minimum Gasteiger partial charge on any atom is -0.373 e. The second-order valence-corrected chi connectivity index (χ2v) is 5.02. The topological polar surface area (TPSA) is 46.9 Å². The number of rotatable bonds is 3. The van der Waals surface area contributed by atoms with Gasteiger partial charge in [-0.15, -0.1) is 0 Å². The van der Waals surface area contributed by atoms with Gasteiger partial charge in [-0.3, -0.25) is 9.36 Å². The normalized spacial score (nSPS) is 10.5. The number of anilines is 1. The molecule has 0 saturated heterocycles. The molecule has 0 aliphatic heterocycles. The molecule has 0 fully saturated rings. The van der Waals surface area contributed by atoms with Crippen LogP contribution in [0.15, 0.2) is 23.1 Å². The summed E-state index contributed by atoms with van der Waals surface area (Å²) in [6.07, 6.45) is 1.74. The van der Waals surface area contributed by atoms with Gasteiger partial charge < -0.3 is 5.32 Å². The van der Waals surface area contributed by atoms with E-state index in [0.29, 0.717) is 6.54 Å². The third-order valence-corrected chi connectivity index (χ3v) is 3.83. The predicted octanol–water partition coefficient (Wildman–Crippen LogP) is 2.01. The van der Waals surface area contributed by atoms with E-state index < -0.39 is 0 Å². The van der Waals surface area contributed by atoms with E-state index >= 15 is 0 Å². The standard InChI is InChI=1S/C12H15N3OS/c1-8-9(2)17-12(16)15(8)7-10-5-4-6-14-11(10)13-3/h4-6H,7H2,1-3H3,(H,13,14). The van der Waals surface area contributed by atoms with Crippen molar-refractivity contribution in [3.05, 3.63) is 44.1 Å². The third-order valence-electron chi connectivity index (χ3n) is 2.83. The Morgan fingerprint density at radius 2 is 2.24 bits per heavy atom. The first kappa shape index (κ1) is 11.9. The molecule has 2 aromatic rings. The molecule has 2 heterocycles. The van der Waals surface area contributed by atoms with Crippen LogP contribution < -0.4 is 10.2 Å². The largest absolute Gasteiger partial charge is 0.373 e. The highest BCUT2D eigenvalue weighted by Crippen LogP contribution is 2.15. The Morgan fingerprint density at radius 3 is 2.82 bits per heavy atom. The first-order chi connectivity index (χ1) is 8.13. The summed E-state index contributed by atoms with van der Waals surface area (Å²) in [7, 11) is 1.83. The van der Waals surface area contributed by atoms with Crippen LogP contribution in [0.3, 0.4) is 0 Å². The maximum Gasteiger partial charge on any atom is 0.307 e. The van der Waals surface area contributed by atoms with Gasteiger partial charge in [-0.1, -0.05) is 17.4 Å². The van der Waals surface area contributed by atoms with E-state index in [2.05, 4.69) is 10.3 Å². The first-order valence-corrected chi connectivity index (χ1v) is 6.23. The van der Waals surface area contributed by atoms with Crippen LogP contribution in [0.5, 0.6) is 0 Å². The Hall–Kier alpha value is -1.62. The second kappa shape index (κ2) is 4.71. The molecule has 0 aliphatic carbocycles. The van der Waals surface area contributed by atoms with E-state index in [-0.39, 0.29) is 4.87 Å². The van der Waals surface area contributed by atoms with Gasteiger partial charge >= 0.3 is 4.87 Å². The molecule has 0 saturated carbocycles. The summed E-state index contributed by atoms with van der Waals surface area (Å²) in [6.45, 7) is 4.52. The fourth-order valence-corrected chi connectivity index (χ4v) is 2.56. The van der Waals surface area contributed by atoms with Crippen LogP contribution in [-0.2, 0) is 6.54 Å². The summed E-state index contributed by atoms with van der Waals surface area (Å²) in [5, 5.41) is 3.04. The third kappa shape index (κ3) is 2.24. The number of pyridine rings is 1. The van der Waals surface area contributed by atoms with Gasteiger partial charge in [-0.05, 0) is 19.9 Å². The van der Waals surface area contributed by atoms with Crippen LogP contribution >= 0.6 is 11.3 Å². The van der Waals surface area contributed by atoms with Crippen LogP contribution in [0.1, 0.15) is 16.1 Å². The Kier molecular flexibility index (Phi) is 3.28. The number of aromatic nitrogens is 2. The van der Waals surface area contributed by atoms with Crippen molar-refractivity contribution in [1.29, 1.82) is 0 Å². The summed E-state index contributed by atoms with van der Waals surface area (Å²) >= 11 is 1.30. The maximum atomic E-state index is 11.8. The van der Waals surface area contributed by atoms with Crippen molar-refractivity contribution in [3.63, 3.8) is 0 Å². The summed E-state index contributed by atoms with van der Waals surface area (Å²) in [6, 6.07) is 3.87. The fourth-order valence-electron chi connectivity index (χ4n) is 1.73. The van der Waals surface area contributed by atoms with Crippen LogP contribution in [0.2, 0.25) is 0 Å². The fraction of sp³-hybridized carbons (Fsp3) is 0.333. The molecule has 0 atom stereocenters. The van der Waals surface area contributed by atoms with Gasteiger partial charge in [-0.25, -0.2) is 4.98 Å². The molecule has 0 aromatic carbocycles. The van der Waals surface area contributed by atoms with Crippen LogP contribution in [0.4, 0.5) is 5.82 Å². The molecule has 5 heteroatoms. The molecule has 90 valence electrons. The lowest BCUT2D eigenvalue weighted by molar-refractivity contribution is 0.750. The molecule has 0 amide bonds. The van der Waals surface area contributed by atoms with Gasteiger partial charge in [0, 0.05) is 29.4 Å². The zero-order valence-electron chi connectivity index (χ0n) is 10.2. The van der Waals surface area contributed by atoms with E-state index in [1.165, 1.54) is 11.3 Å². The van der Waals surface area contributed by atoms with E-state index in [4.69, 9.17) is 0 Å². The van der Waals surface area contributed by atoms with Gasteiger partial charge in [-0.2, -0.15) is 0 Å². The second-order valence-electron chi connectivity index (χ2n) is 3.86. The van der Waals surface area contributed by atoms with Crippen LogP contribution in [0.25, 0.3) is 0 Å². The van der Waals surface area contributed by atoms with E-state index in [1.807, 2.05) is 33.0 Å². The summed E-state index contributed by atoms with van der Waals surface area (Å²) in [5.41, 5.74) is 2.06. The molecule has 2 aromatic heterocycles. The highest BCUT2D eigenvalue weighted by molar-refractivity contribution is 7.09. The molecular weight excluding hydrogens is 234 g/mol. The van der Waals surface area contributed by atoms with Gasteiger partial charge in [0.25, 0.3) is 0 Å². The SMILES string of the molecule is CNc1ncccc1Cn1c(C)c(C)sc1=O. The highest BCUT2D eigenvalue weighted by atomic mass is 32.1. The van der Waals surface area contributed by atoms with Crippen molar-refractivity contribution in [3.8, 4) is 0 Å². The number of hydrogen-bond donors (Lipinski definition) is 1. The average molecular weight is 249 g/mol. The lowest BCUT2D eigenvalue weighted by atomic mass is 10.2. The monoisotopic (exact) mass is 249 g/mol. The van der Waals surface area contributed by atoms with Gasteiger partial charge in [0.15, 0.2) is 0 Å². The Balaban J connectivity index is 2.41.